The van der Waals surface area contributed by atoms with Gasteiger partial charge in [-0.25, -0.2) is 0 Å². The fourth-order valence-corrected chi connectivity index (χ4v) is 2.45. The lowest BCUT2D eigenvalue weighted by molar-refractivity contribution is 0.370. The fraction of sp³-hybridized carbons (Fsp3) is 0.429. The summed E-state index contributed by atoms with van der Waals surface area (Å²) in [5.41, 5.74) is 9.29. The zero-order chi connectivity index (χ0) is 13.4. The number of benzene rings is 1. The molecule has 0 bridgehead atoms. The summed E-state index contributed by atoms with van der Waals surface area (Å²) >= 11 is 0. The smallest absolute Gasteiger partial charge is 0.246 e. The van der Waals surface area contributed by atoms with E-state index in [0.29, 0.717) is 12.4 Å². The fourth-order valence-electron chi connectivity index (χ4n) is 2.45. The third kappa shape index (κ3) is 2.16. The van der Waals surface area contributed by atoms with Gasteiger partial charge in [-0.2, -0.15) is 4.98 Å². The Hall–Kier alpha value is -2.04. The Morgan fingerprint density at radius 2 is 2.26 bits per heavy atom. The van der Waals surface area contributed by atoms with Gasteiger partial charge in [0.15, 0.2) is 5.82 Å². The molecule has 0 radical (unpaired) electrons. The van der Waals surface area contributed by atoms with Gasteiger partial charge in [0, 0.05) is 12.5 Å². The molecule has 5 heteroatoms. The van der Waals surface area contributed by atoms with Crippen molar-refractivity contribution in [1.29, 1.82) is 0 Å². The van der Waals surface area contributed by atoms with Crippen molar-refractivity contribution in [2.45, 2.75) is 32.7 Å². The van der Waals surface area contributed by atoms with E-state index in [1.165, 1.54) is 5.56 Å². The molecule has 0 atom stereocenters. The molecule has 0 saturated carbocycles. The van der Waals surface area contributed by atoms with Crippen molar-refractivity contribution < 1.29 is 4.52 Å². The Labute approximate surface area is 112 Å². The van der Waals surface area contributed by atoms with Crippen LogP contribution in [-0.4, -0.2) is 16.7 Å². The highest BCUT2D eigenvalue weighted by Gasteiger charge is 2.23. The van der Waals surface area contributed by atoms with Crippen molar-refractivity contribution in [1.82, 2.24) is 10.1 Å². The molecule has 0 saturated heterocycles. The summed E-state index contributed by atoms with van der Waals surface area (Å²) in [4.78, 5) is 6.63. The number of nitrogens with two attached hydrogens (primary N) is 1. The summed E-state index contributed by atoms with van der Waals surface area (Å²) in [5.74, 6) is 1.70. The van der Waals surface area contributed by atoms with Crippen LogP contribution in [0.25, 0.3) is 0 Å². The molecule has 0 aliphatic carbocycles. The van der Waals surface area contributed by atoms with E-state index >= 15 is 0 Å². The molecule has 0 amide bonds. The van der Waals surface area contributed by atoms with Gasteiger partial charge in [0.2, 0.25) is 5.89 Å². The van der Waals surface area contributed by atoms with Gasteiger partial charge in [-0.3, -0.25) is 0 Å². The monoisotopic (exact) mass is 258 g/mol. The Kier molecular flexibility index (Phi) is 2.89. The highest BCUT2D eigenvalue weighted by atomic mass is 16.5. The predicted octanol–water partition coefficient (Wildman–Crippen LogP) is 2.34. The van der Waals surface area contributed by atoms with Gasteiger partial charge < -0.3 is 15.2 Å². The van der Waals surface area contributed by atoms with E-state index in [2.05, 4.69) is 35.0 Å². The van der Waals surface area contributed by atoms with E-state index < -0.39 is 0 Å². The average Bonchev–Trinajstić information content (AvgIpc) is 2.98. The maximum absolute atomic E-state index is 6.06. The van der Waals surface area contributed by atoms with E-state index in [0.717, 1.165) is 30.2 Å². The minimum Gasteiger partial charge on any atom is -0.397 e. The first-order valence-electron chi connectivity index (χ1n) is 6.60. The molecule has 3 rings (SSSR count). The second-order valence-corrected chi connectivity index (χ2v) is 5.23. The summed E-state index contributed by atoms with van der Waals surface area (Å²) in [5, 5.41) is 3.99. The van der Waals surface area contributed by atoms with Crippen LogP contribution in [0.2, 0.25) is 0 Å². The van der Waals surface area contributed by atoms with Crippen molar-refractivity contribution in [2.75, 3.05) is 17.2 Å². The molecule has 2 aromatic rings. The standard InChI is InChI=1S/C14H18N4O/c1-9(2)14-16-12(19-17-14)8-18-7-6-10-4-3-5-11(15)13(10)18/h3-5,9H,6-8,15H2,1-2H3. The minimum absolute atomic E-state index is 0.286. The number of nitrogens with zero attached hydrogens (tertiary/aromatic N) is 3. The molecule has 1 aromatic heterocycles. The largest absolute Gasteiger partial charge is 0.397 e. The van der Waals surface area contributed by atoms with Crippen LogP contribution in [0.3, 0.4) is 0 Å². The van der Waals surface area contributed by atoms with Crippen LogP contribution < -0.4 is 10.6 Å². The van der Waals surface area contributed by atoms with E-state index in [4.69, 9.17) is 10.3 Å². The summed E-state index contributed by atoms with van der Waals surface area (Å²) in [7, 11) is 0. The molecule has 2 N–H and O–H groups in total. The van der Waals surface area contributed by atoms with Crippen LogP contribution in [0.5, 0.6) is 0 Å². The second kappa shape index (κ2) is 4.57. The van der Waals surface area contributed by atoms with Crippen LogP contribution >= 0.6 is 0 Å². The van der Waals surface area contributed by atoms with Gasteiger partial charge in [-0.05, 0) is 18.1 Å². The van der Waals surface area contributed by atoms with Crippen LogP contribution in [0.15, 0.2) is 22.7 Å². The molecule has 0 unspecified atom stereocenters. The Morgan fingerprint density at radius 3 is 3.00 bits per heavy atom. The minimum atomic E-state index is 0.286. The number of aromatic nitrogens is 2. The molecule has 1 aliphatic heterocycles. The molecule has 100 valence electrons. The molecule has 0 spiro atoms. The highest BCUT2D eigenvalue weighted by Crippen LogP contribution is 2.34. The molecular weight excluding hydrogens is 240 g/mol. The molecule has 5 nitrogen and oxygen atoms in total. The maximum atomic E-state index is 6.06. The van der Waals surface area contributed by atoms with Gasteiger partial charge in [-0.1, -0.05) is 31.1 Å². The Bertz CT molecular complexity index is 591. The lowest BCUT2D eigenvalue weighted by Crippen LogP contribution is -2.20. The Balaban J connectivity index is 1.82. The van der Waals surface area contributed by atoms with Crippen molar-refractivity contribution in [3.05, 3.63) is 35.5 Å². The zero-order valence-corrected chi connectivity index (χ0v) is 11.3. The molecule has 1 aromatic carbocycles. The summed E-state index contributed by atoms with van der Waals surface area (Å²) < 4.78 is 5.30. The number of rotatable bonds is 3. The van der Waals surface area contributed by atoms with Crippen LogP contribution in [0, 0.1) is 0 Å². The van der Waals surface area contributed by atoms with E-state index in [1.807, 2.05) is 12.1 Å². The number of hydrogen-bond donors (Lipinski definition) is 1. The van der Waals surface area contributed by atoms with E-state index in [-0.39, 0.29) is 5.92 Å². The molecular formula is C14H18N4O. The van der Waals surface area contributed by atoms with Crippen LogP contribution in [0.4, 0.5) is 11.4 Å². The van der Waals surface area contributed by atoms with Crippen molar-refractivity contribution >= 4 is 11.4 Å². The number of anilines is 2. The number of para-hydroxylation sites is 1. The molecule has 19 heavy (non-hydrogen) atoms. The van der Waals surface area contributed by atoms with Gasteiger partial charge in [0.25, 0.3) is 0 Å². The van der Waals surface area contributed by atoms with Crippen LogP contribution in [-0.2, 0) is 13.0 Å². The molecule has 1 aliphatic rings. The normalized spacial score (nSPS) is 14.2. The summed E-state index contributed by atoms with van der Waals surface area (Å²) in [6, 6.07) is 6.06. The van der Waals surface area contributed by atoms with Gasteiger partial charge in [-0.15, -0.1) is 0 Å². The van der Waals surface area contributed by atoms with Gasteiger partial charge in [0.1, 0.15) is 0 Å². The third-order valence-corrected chi connectivity index (χ3v) is 3.44. The number of nitrogen functional groups attached to an aromatic ring is 1. The number of hydrogen-bond acceptors (Lipinski definition) is 5. The lowest BCUT2D eigenvalue weighted by Gasteiger charge is -2.18. The first-order chi connectivity index (χ1) is 9.15. The number of fused-ring (bicyclic) bond motifs is 1. The second-order valence-electron chi connectivity index (χ2n) is 5.23. The highest BCUT2D eigenvalue weighted by molar-refractivity contribution is 5.73. The third-order valence-electron chi connectivity index (χ3n) is 3.44. The predicted molar refractivity (Wildman–Crippen MR) is 74.0 cm³/mol. The average molecular weight is 258 g/mol. The summed E-state index contributed by atoms with van der Waals surface area (Å²) in [6.45, 7) is 5.68. The van der Waals surface area contributed by atoms with Crippen LogP contribution in [0.1, 0.15) is 37.0 Å². The molecule has 2 heterocycles. The topological polar surface area (TPSA) is 68.2 Å². The first kappa shape index (κ1) is 12.0. The quantitative estimate of drug-likeness (QED) is 0.856. The lowest BCUT2D eigenvalue weighted by atomic mass is 10.1. The van der Waals surface area contributed by atoms with Crippen molar-refractivity contribution in [2.24, 2.45) is 0 Å². The zero-order valence-electron chi connectivity index (χ0n) is 11.3. The summed E-state index contributed by atoms with van der Waals surface area (Å²) in [6.07, 6.45) is 1.02. The Morgan fingerprint density at radius 1 is 1.42 bits per heavy atom. The molecule has 0 fully saturated rings. The van der Waals surface area contributed by atoms with Gasteiger partial charge >= 0.3 is 0 Å². The van der Waals surface area contributed by atoms with E-state index in [9.17, 15) is 0 Å². The van der Waals surface area contributed by atoms with Crippen molar-refractivity contribution in [3.8, 4) is 0 Å². The maximum Gasteiger partial charge on any atom is 0.246 e. The van der Waals surface area contributed by atoms with E-state index in [1.54, 1.807) is 0 Å². The SMILES string of the molecule is CC(C)c1noc(CN2CCc3cccc(N)c32)n1. The van der Waals surface area contributed by atoms with Gasteiger partial charge in [0.05, 0.1) is 17.9 Å². The van der Waals surface area contributed by atoms with Crippen molar-refractivity contribution in [3.63, 3.8) is 0 Å². The first-order valence-corrected chi connectivity index (χ1v) is 6.60.